The van der Waals surface area contributed by atoms with Gasteiger partial charge in [0.15, 0.2) is 34.9 Å². The average molecular weight is 1530 g/mol. The standard InChI is InChI=1S/C57H36N4O.C51H32N4S/c1-5-16-37(17-6-1)41-29-32-52-48(35-41)49-36-43(30-33-53(49)62-52)42-28-31-51-47(34-42)45-24-13-14-27-50(45)61(51)54-44(38-18-7-2-8-19-38)25-15-26-46(54)57-59-55(39-20-9-3-10-21-39)58-56(60-57)40-22-11-4-12-23-40;1-4-14-33(15-5-1)43-30-38(51-53-49(34-16-6-2-7-17-34)52-50(54-51)35-18-8-3-9-19-35)26-29-45(43)55-44-22-12-10-20-39(44)40-27-24-36(31-46(40)55)37-25-28-42-41-21-11-13-23-47(41)56-48(42)32-37/h1-36H;1-32H. The Kier molecular flexibility index (Phi) is 17.2. The Morgan fingerprint density at radius 2 is 0.551 bits per heavy atom. The molecule has 118 heavy (non-hydrogen) atoms. The molecule has 0 saturated carbocycles. The first-order chi connectivity index (χ1) is 58.5. The van der Waals surface area contributed by atoms with Crippen molar-refractivity contribution in [3.63, 3.8) is 0 Å². The van der Waals surface area contributed by atoms with Crippen molar-refractivity contribution < 1.29 is 4.42 Å². The summed E-state index contributed by atoms with van der Waals surface area (Å²) in [5.41, 5.74) is 25.3. The van der Waals surface area contributed by atoms with Gasteiger partial charge in [0.2, 0.25) is 0 Å². The summed E-state index contributed by atoms with van der Waals surface area (Å²) in [7, 11) is 0. The van der Waals surface area contributed by atoms with Crippen molar-refractivity contribution in [2.75, 3.05) is 0 Å². The number of rotatable bonds is 13. The van der Waals surface area contributed by atoms with Crippen LogP contribution in [0.3, 0.4) is 0 Å². The molecule has 0 unspecified atom stereocenters. The fraction of sp³-hybridized carbons (Fsp3) is 0. The van der Waals surface area contributed by atoms with Crippen molar-refractivity contribution in [2.24, 2.45) is 0 Å². The number of thiophene rings is 1. The van der Waals surface area contributed by atoms with Crippen LogP contribution in [0, 0.1) is 0 Å². The smallest absolute Gasteiger partial charge is 0.166 e. The minimum Gasteiger partial charge on any atom is -0.456 e. The lowest BCUT2D eigenvalue weighted by Crippen LogP contribution is -2.05. The number of nitrogens with zero attached hydrogens (tertiary/aromatic N) is 8. The highest BCUT2D eigenvalue weighted by molar-refractivity contribution is 7.25. The number of para-hydroxylation sites is 3. The topological polar surface area (TPSA) is 100 Å². The highest BCUT2D eigenvalue weighted by atomic mass is 32.1. The summed E-state index contributed by atoms with van der Waals surface area (Å²) in [5.74, 6) is 3.76. The van der Waals surface area contributed by atoms with Gasteiger partial charge in [-0.25, -0.2) is 29.9 Å². The fourth-order valence-corrected chi connectivity index (χ4v) is 18.0. The molecule has 6 heterocycles. The second-order valence-electron chi connectivity index (χ2n) is 29.6. The SMILES string of the molecule is c1ccc(-c2ccc3oc4ccc(-c5ccc6c(c5)c5ccccc5n6-c5c(-c6ccccc6)cccc5-c5nc(-c6ccccc6)nc(-c6ccccc6)n5)cc4c3c2)cc1.c1ccc(-c2nc(-c3ccccc3)nc(-c3ccc(-n4c5ccccc5c5ccc(-c6ccc7c(c6)sc6ccccc67)cc54)c(-c4ccccc4)c3)n2)cc1. The van der Waals surface area contributed by atoms with E-state index in [1.54, 1.807) is 0 Å². The summed E-state index contributed by atoms with van der Waals surface area (Å²) < 4.78 is 13.8. The normalized spacial score (nSPS) is 11.6. The molecular formula is C108H68N8OS. The van der Waals surface area contributed by atoms with Gasteiger partial charge in [0, 0.05) is 97.0 Å². The summed E-state index contributed by atoms with van der Waals surface area (Å²) in [5, 5.41) is 9.57. The number of benzene rings is 17. The first-order valence-electron chi connectivity index (χ1n) is 39.6. The van der Waals surface area contributed by atoms with Gasteiger partial charge in [0.25, 0.3) is 0 Å². The van der Waals surface area contributed by atoms with Gasteiger partial charge in [-0.3, -0.25) is 0 Å². The Hall–Kier alpha value is -15.6. The van der Waals surface area contributed by atoms with E-state index < -0.39 is 0 Å². The van der Waals surface area contributed by atoms with Crippen LogP contribution in [0.15, 0.2) is 417 Å². The third kappa shape index (κ3) is 12.5. The van der Waals surface area contributed by atoms with E-state index in [-0.39, 0.29) is 0 Å². The van der Waals surface area contributed by atoms with Crippen LogP contribution < -0.4 is 0 Å². The molecule has 17 aromatic carbocycles. The molecule has 0 spiro atoms. The second kappa shape index (κ2) is 29.4. The maximum absolute atomic E-state index is 6.36. The van der Waals surface area contributed by atoms with Gasteiger partial charge in [-0.05, 0) is 136 Å². The van der Waals surface area contributed by atoms with Crippen molar-refractivity contribution in [3.8, 4) is 135 Å². The molecule has 0 fully saturated rings. The number of fused-ring (bicyclic) bond motifs is 12. The van der Waals surface area contributed by atoms with E-state index in [0.717, 1.165) is 133 Å². The van der Waals surface area contributed by atoms with Gasteiger partial charge in [0.05, 0.1) is 33.4 Å². The van der Waals surface area contributed by atoms with Gasteiger partial charge in [-0.1, -0.05) is 322 Å². The molecule has 23 aromatic rings. The molecule has 0 bridgehead atoms. The quantitative estimate of drug-likeness (QED) is 0.113. The summed E-state index contributed by atoms with van der Waals surface area (Å²) >= 11 is 1.86. The van der Waals surface area contributed by atoms with Gasteiger partial charge in [-0.2, -0.15) is 0 Å². The fourth-order valence-electron chi connectivity index (χ4n) is 16.9. The van der Waals surface area contributed by atoms with Gasteiger partial charge in [-0.15, -0.1) is 11.3 Å². The van der Waals surface area contributed by atoms with E-state index in [1.165, 1.54) is 53.2 Å². The van der Waals surface area contributed by atoms with Crippen LogP contribution >= 0.6 is 11.3 Å². The number of furan rings is 1. The van der Waals surface area contributed by atoms with Crippen LogP contribution in [-0.2, 0) is 0 Å². The summed E-state index contributed by atoms with van der Waals surface area (Å²) in [4.78, 5) is 30.6. The lowest BCUT2D eigenvalue weighted by Gasteiger charge is -2.19. The Balaban J connectivity index is 0.000000143. The minimum absolute atomic E-state index is 0.601. The highest BCUT2D eigenvalue weighted by Crippen LogP contribution is 2.46. The molecule has 0 atom stereocenters. The molecule has 0 amide bonds. The first kappa shape index (κ1) is 69.1. The van der Waals surface area contributed by atoms with Gasteiger partial charge >= 0.3 is 0 Å². The van der Waals surface area contributed by atoms with Crippen LogP contribution in [-0.4, -0.2) is 39.0 Å². The van der Waals surface area contributed by atoms with E-state index in [2.05, 4.69) is 325 Å². The summed E-state index contributed by atoms with van der Waals surface area (Å²) in [6, 6.07) is 145. The zero-order valence-electron chi connectivity index (χ0n) is 63.7. The summed E-state index contributed by atoms with van der Waals surface area (Å²) in [6.07, 6.45) is 0. The zero-order valence-corrected chi connectivity index (χ0v) is 64.5. The van der Waals surface area contributed by atoms with Crippen molar-refractivity contribution in [2.45, 2.75) is 0 Å². The lowest BCUT2D eigenvalue weighted by molar-refractivity contribution is 0.669. The van der Waals surface area contributed by atoms with Gasteiger partial charge < -0.3 is 13.6 Å². The van der Waals surface area contributed by atoms with Crippen LogP contribution in [0.4, 0.5) is 0 Å². The molecule has 10 heteroatoms. The maximum Gasteiger partial charge on any atom is 0.166 e. The zero-order chi connectivity index (χ0) is 78.0. The largest absolute Gasteiger partial charge is 0.456 e. The molecule has 0 saturated heterocycles. The minimum atomic E-state index is 0.601. The van der Waals surface area contributed by atoms with Crippen molar-refractivity contribution in [1.82, 2.24) is 39.0 Å². The van der Waals surface area contributed by atoms with Crippen molar-refractivity contribution >= 4 is 97.1 Å². The van der Waals surface area contributed by atoms with E-state index >= 15 is 0 Å². The number of aromatic nitrogens is 8. The number of hydrogen-bond donors (Lipinski definition) is 0. The van der Waals surface area contributed by atoms with Crippen LogP contribution in [0.1, 0.15) is 0 Å². The Morgan fingerprint density at radius 1 is 0.186 bits per heavy atom. The predicted molar refractivity (Wildman–Crippen MR) is 488 cm³/mol. The van der Waals surface area contributed by atoms with Crippen molar-refractivity contribution in [1.29, 1.82) is 0 Å². The van der Waals surface area contributed by atoms with Gasteiger partial charge in [0.1, 0.15) is 11.2 Å². The molecule has 6 aromatic heterocycles. The predicted octanol–water partition coefficient (Wildman–Crippen LogP) is 28.5. The molecule has 23 rings (SSSR count). The first-order valence-corrected chi connectivity index (χ1v) is 40.4. The highest BCUT2D eigenvalue weighted by Gasteiger charge is 2.26. The molecule has 0 radical (unpaired) electrons. The molecule has 0 aliphatic carbocycles. The third-order valence-corrected chi connectivity index (χ3v) is 23.7. The second-order valence-corrected chi connectivity index (χ2v) is 30.7. The average Bonchev–Trinajstić information content (AvgIpc) is 1.56. The van der Waals surface area contributed by atoms with E-state index in [9.17, 15) is 0 Å². The molecule has 0 aliphatic heterocycles. The van der Waals surface area contributed by atoms with E-state index in [1.807, 2.05) is 108 Å². The third-order valence-electron chi connectivity index (χ3n) is 22.5. The van der Waals surface area contributed by atoms with Crippen LogP contribution in [0.2, 0.25) is 0 Å². The monoisotopic (exact) mass is 1520 g/mol. The van der Waals surface area contributed by atoms with E-state index in [4.69, 9.17) is 34.3 Å². The number of hydrogen-bond acceptors (Lipinski definition) is 8. The molecular weight excluding hydrogens is 1460 g/mol. The van der Waals surface area contributed by atoms with E-state index in [0.29, 0.717) is 34.9 Å². The van der Waals surface area contributed by atoms with Crippen molar-refractivity contribution in [3.05, 3.63) is 413 Å². The molecule has 0 aliphatic rings. The molecule has 552 valence electrons. The Bertz CT molecular complexity index is 7660. The maximum atomic E-state index is 6.36. The Morgan fingerprint density at radius 3 is 1.11 bits per heavy atom. The molecule has 0 N–H and O–H groups in total. The lowest BCUT2D eigenvalue weighted by atomic mass is 9.98. The Labute approximate surface area is 683 Å². The summed E-state index contributed by atoms with van der Waals surface area (Å²) in [6.45, 7) is 0. The van der Waals surface area contributed by atoms with Crippen LogP contribution in [0.5, 0.6) is 0 Å². The molecule has 9 nitrogen and oxygen atoms in total. The van der Waals surface area contributed by atoms with Crippen LogP contribution in [0.25, 0.3) is 221 Å².